The first-order valence-corrected chi connectivity index (χ1v) is 10.6. The van der Waals surface area contributed by atoms with Gasteiger partial charge in [-0.25, -0.2) is 0 Å². The van der Waals surface area contributed by atoms with Crippen molar-refractivity contribution in [2.45, 2.75) is 30.8 Å². The summed E-state index contributed by atoms with van der Waals surface area (Å²) in [5, 5.41) is 12.9. The van der Waals surface area contributed by atoms with Gasteiger partial charge in [-0.05, 0) is 48.4 Å². The van der Waals surface area contributed by atoms with E-state index < -0.39 is 5.54 Å². The number of phenols is 1. The highest BCUT2D eigenvalue weighted by Crippen LogP contribution is 2.47. The van der Waals surface area contributed by atoms with E-state index in [1.807, 2.05) is 48.8 Å². The normalized spacial score (nSPS) is 23.0. The van der Waals surface area contributed by atoms with Crippen LogP contribution in [0.3, 0.4) is 0 Å². The monoisotopic (exact) mass is 407 g/mol. The summed E-state index contributed by atoms with van der Waals surface area (Å²) in [7, 11) is 1.66. The summed E-state index contributed by atoms with van der Waals surface area (Å²) in [4.78, 5) is 20.8. The zero-order valence-electron chi connectivity index (χ0n) is 17.3. The van der Waals surface area contributed by atoms with E-state index in [0.717, 1.165) is 24.1 Å². The summed E-state index contributed by atoms with van der Waals surface area (Å²) >= 11 is 0. The topological polar surface area (TPSA) is 74.2 Å². The minimum absolute atomic E-state index is 0.113. The number of methoxy groups -OCH3 is 1. The number of phenolic OH excluding ortho intramolecular Hbond substituents is 1. The third kappa shape index (κ3) is 4.05. The molecule has 1 fully saturated rings. The molecule has 30 heavy (non-hydrogen) atoms. The van der Waals surface area contributed by atoms with E-state index in [4.69, 9.17) is 9.73 Å². The molecular formula is C24H29N3O3. The molecule has 1 heterocycles. The number of carbonyl (C=O) groups is 1. The van der Waals surface area contributed by atoms with Gasteiger partial charge in [0.15, 0.2) is 5.54 Å². The summed E-state index contributed by atoms with van der Waals surface area (Å²) in [5.74, 6) is 0.741. The van der Waals surface area contributed by atoms with Crippen molar-refractivity contribution in [3.05, 3.63) is 65.7 Å². The van der Waals surface area contributed by atoms with Crippen molar-refractivity contribution in [3.8, 4) is 5.75 Å². The van der Waals surface area contributed by atoms with Gasteiger partial charge in [0.05, 0.1) is 12.4 Å². The molecule has 2 aliphatic rings. The summed E-state index contributed by atoms with van der Waals surface area (Å²) in [6.07, 6.45) is 5.02. The predicted molar refractivity (Wildman–Crippen MR) is 116 cm³/mol. The molecule has 2 N–H and O–H groups in total. The number of rotatable bonds is 9. The second kappa shape index (κ2) is 8.88. The fraction of sp³-hybridized carbons (Fsp3) is 0.417. The molecule has 0 bridgehead atoms. The number of ether oxygens (including phenoxy) is 1. The zero-order valence-corrected chi connectivity index (χ0v) is 17.3. The molecule has 158 valence electrons. The van der Waals surface area contributed by atoms with Crippen molar-refractivity contribution in [2.75, 3.05) is 26.8 Å². The van der Waals surface area contributed by atoms with Crippen LogP contribution in [-0.2, 0) is 15.1 Å². The smallest absolute Gasteiger partial charge is 0.255 e. The minimum atomic E-state index is -1.08. The average molecular weight is 408 g/mol. The zero-order chi connectivity index (χ0) is 21.0. The van der Waals surface area contributed by atoms with Crippen molar-refractivity contribution in [1.29, 1.82) is 0 Å². The highest BCUT2D eigenvalue weighted by Gasteiger charge is 2.53. The lowest BCUT2D eigenvalue weighted by Crippen LogP contribution is -2.49. The predicted octanol–water partition coefficient (Wildman–Crippen LogP) is 3.24. The largest absolute Gasteiger partial charge is 0.508 e. The molecule has 1 amide bonds. The molecular weight excluding hydrogens is 378 g/mol. The highest BCUT2D eigenvalue weighted by molar-refractivity contribution is 5.92. The standard InChI is InChI=1S/C24H29N3O3/c1-30-15-5-14-25-23(29)24(20-6-3-2-4-7-20)22(19-10-12-21(28)13-11-19)27(17-26-24)16-18-8-9-18/h2-4,6-7,10-13,17-18,22,28H,5,8-9,14-16H2,1H3,(H,25,29). The van der Waals surface area contributed by atoms with Crippen LogP contribution in [0.1, 0.15) is 36.4 Å². The average Bonchev–Trinajstić information content (AvgIpc) is 3.51. The lowest BCUT2D eigenvalue weighted by molar-refractivity contribution is -0.128. The molecule has 6 nitrogen and oxygen atoms in total. The van der Waals surface area contributed by atoms with Crippen LogP contribution in [0.2, 0.25) is 0 Å². The molecule has 0 spiro atoms. The van der Waals surface area contributed by atoms with Crippen molar-refractivity contribution in [1.82, 2.24) is 10.2 Å². The Kier molecular flexibility index (Phi) is 6.04. The number of carbonyl (C=O) groups excluding carboxylic acids is 1. The number of aliphatic imine (C=N–C) groups is 1. The van der Waals surface area contributed by atoms with Gasteiger partial charge in [0.1, 0.15) is 5.75 Å². The first kappa shape index (κ1) is 20.4. The van der Waals surface area contributed by atoms with Crippen molar-refractivity contribution in [3.63, 3.8) is 0 Å². The molecule has 0 aromatic heterocycles. The second-order valence-electron chi connectivity index (χ2n) is 8.11. The fourth-order valence-electron chi connectivity index (χ4n) is 4.17. The highest BCUT2D eigenvalue weighted by atomic mass is 16.5. The Hall–Kier alpha value is -2.86. The van der Waals surface area contributed by atoms with E-state index in [2.05, 4.69) is 10.2 Å². The van der Waals surface area contributed by atoms with Crippen LogP contribution in [0.15, 0.2) is 59.6 Å². The first-order valence-electron chi connectivity index (χ1n) is 10.6. The third-order valence-electron chi connectivity index (χ3n) is 5.88. The lowest BCUT2D eigenvalue weighted by Gasteiger charge is -2.37. The molecule has 2 unspecified atom stereocenters. The lowest BCUT2D eigenvalue weighted by atomic mass is 9.79. The Morgan fingerprint density at radius 3 is 2.60 bits per heavy atom. The second-order valence-corrected chi connectivity index (χ2v) is 8.11. The van der Waals surface area contributed by atoms with E-state index in [0.29, 0.717) is 19.1 Å². The van der Waals surface area contributed by atoms with Gasteiger partial charge in [0.2, 0.25) is 0 Å². The molecule has 1 aliphatic carbocycles. The van der Waals surface area contributed by atoms with Gasteiger partial charge < -0.3 is 20.1 Å². The maximum Gasteiger partial charge on any atom is 0.255 e. The first-order chi connectivity index (χ1) is 14.6. The summed E-state index contributed by atoms with van der Waals surface area (Å²) in [5.41, 5.74) is 0.740. The molecule has 2 atom stereocenters. The van der Waals surface area contributed by atoms with Gasteiger partial charge in [-0.2, -0.15) is 0 Å². The summed E-state index contributed by atoms with van der Waals surface area (Å²) in [6, 6.07) is 16.7. The molecule has 0 radical (unpaired) electrons. The van der Waals surface area contributed by atoms with E-state index in [1.165, 1.54) is 12.8 Å². The van der Waals surface area contributed by atoms with Crippen LogP contribution in [-0.4, -0.2) is 49.1 Å². The quantitative estimate of drug-likeness (QED) is 0.626. The van der Waals surface area contributed by atoms with Gasteiger partial charge in [0.25, 0.3) is 5.91 Å². The molecule has 2 aromatic rings. The molecule has 4 rings (SSSR count). The fourth-order valence-corrected chi connectivity index (χ4v) is 4.17. The molecule has 1 saturated carbocycles. The Labute approximate surface area is 177 Å². The van der Waals surface area contributed by atoms with Gasteiger partial charge >= 0.3 is 0 Å². The third-order valence-corrected chi connectivity index (χ3v) is 5.88. The SMILES string of the molecule is COCCCNC(=O)C1(c2ccccc2)N=CN(CC2CC2)C1c1ccc(O)cc1. The van der Waals surface area contributed by atoms with Crippen LogP contribution in [0, 0.1) is 5.92 Å². The van der Waals surface area contributed by atoms with E-state index in [9.17, 15) is 9.90 Å². The minimum Gasteiger partial charge on any atom is -0.508 e. The van der Waals surface area contributed by atoms with E-state index in [-0.39, 0.29) is 17.7 Å². The van der Waals surface area contributed by atoms with Gasteiger partial charge in [-0.1, -0.05) is 42.5 Å². The van der Waals surface area contributed by atoms with Crippen LogP contribution in [0.4, 0.5) is 0 Å². The number of nitrogens with zero attached hydrogens (tertiary/aromatic N) is 2. The number of hydrogen-bond donors (Lipinski definition) is 2. The van der Waals surface area contributed by atoms with Crippen molar-refractivity contribution in [2.24, 2.45) is 10.9 Å². The van der Waals surface area contributed by atoms with E-state index in [1.54, 1.807) is 19.2 Å². The molecule has 2 aromatic carbocycles. The Bertz CT molecular complexity index is 880. The van der Waals surface area contributed by atoms with Crippen LogP contribution >= 0.6 is 0 Å². The van der Waals surface area contributed by atoms with Crippen LogP contribution < -0.4 is 5.32 Å². The number of amides is 1. The number of aromatic hydroxyl groups is 1. The number of hydrogen-bond acceptors (Lipinski definition) is 5. The van der Waals surface area contributed by atoms with Crippen LogP contribution in [0.25, 0.3) is 0 Å². The molecule has 0 saturated heterocycles. The Morgan fingerprint density at radius 2 is 1.93 bits per heavy atom. The number of benzene rings is 2. The summed E-state index contributed by atoms with van der Waals surface area (Å²) < 4.78 is 5.12. The molecule has 6 heteroatoms. The molecule has 1 aliphatic heterocycles. The summed E-state index contributed by atoms with van der Waals surface area (Å²) in [6.45, 7) is 2.00. The van der Waals surface area contributed by atoms with Crippen LogP contribution in [0.5, 0.6) is 5.75 Å². The maximum absolute atomic E-state index is 13.7. The Balaban J connectivity index is 1.74. The Morgan fingerprint density at radius 1 is 1.20 bits per heavy atom. The van der Waals surface area contributed by atoms with E-state index >= 15 is 0 Å². The maximum atomic E-state index is 13.7. The van der Waals surface area contributed by atoms with Crippen molar-refractivity contribution >= 4 is 12.2 Å². The van der Waals surface area contributed by atoms with Gasteiger partial charge in [-0.15, -0.1) is 0 Å². The van der Waals surface area contributed by atoms with Gasteiger partial charge in [-0.3, -0.25) is 9.79 Å². The number of nitrogens with one attached hydrogen (secondary N) is 1. The van der Waals surface area contributed by atoms with Gasteiger partial charge in [0, 0.05) is 26.8 Å². The van der Waals surface area contributed by atoms with Crippen molar-refractivity contribution < 1.29 is 14.6 Å².